The van der Waals surface area contributed by atoms with Gasteiger partial charge >= 0.3 is 0 Å². The monoisotopic (exact) mass is 257 g/mol. The maximum atomic E-state index is 9.13. The van der Waals surface area contributed by atoms with E-state index in [-0.39, 0.29) is 12.1 Å². The molecular formula is C11H16BrNO. The molecule has 2 nitrogen and oxygen atoms in total. The van der Waals surface area contributed by atoms with E-state index in [1.807, 2.05) is 32.9 Å². The van der Waals surface area contributed by atoms with Crippen LogP contribution in [0.4, 0.5) is 5.69 Å². The molecule has 2 N–H and O–H groups in total. The van der Waals surface area contributed by atoms with E-state index < -0.39 is 0 Å². The molecule has 0 unspecified atom stereocenters. The van der Waals surface area contributed by atoms with Crippen LogP contribution in [0.15, 0.2) is 22.7 Å². The van der Waals surface area contributed by atoms with Crippen LogP contribution in [0.3, 0.4) is 0 Å². The van der Waals surface area contributed by atoms with E-state index in [0.29, 0.717) is 0 Å². The van der Waals surface area contributed by atoms with Gasteiger partial charge < -0.3 is 10.4 Å². The van der Waals surface area contributed by atoms with E-state index in [1.165, 1.54) is 5.56 Å². The van der Waals surface area contributed by atoms with Crippen LogP contribution in [0.5, 0.6) is 0 Å². The fraction of sp³-hybridized carbons (Fsp3) is 0.455. The predicted molar refractivity (Wildman–Crippen MR) is 63.7 cm³/mol. The number of halogens is 1. The standard InChI is InChI=1S/C11H16BrNO/c1-8-6-9(12)4-5-10(8)13-11(2,3)7-14/h4-6,13-14H,7H2,1-3H3. The molecule has 0 saturated carbocycles. The zero-order valence-electron chi connectivity index (χ0n) is 8.76. The van der Waals surface area contributed by atoms with Gasteiger partial charge in [-0.05, 0) is 44.5 Å². The number of aliphatic hydroxyl groups is 1. The van der Waals surface area contributed by atoms with Crippen molar-refractivity contribution in [1.82, 2.24) is 0 Å². The first-order chi connectivity index (χ1) is 6.44. The van der Waals surface area contributed by atoms with Crippen molar-refractivity contribution in [3.05, 3.63) is 28.2 Å². The topological polar surface area (TPSA) is 32.3 Å². The number of hydrogen-bond acceptors (Lipinski definition) is 2. The van der Waals surface area contributed by atoms with Gasteiger partial charge in [0.1, 0.15) is 0 Å². The summed E-state index contributed by atoms with van der Waals surface area (Å²) in [7, 11) is 0. The lowest BCUT2D eigenvalue weighted by atomic mass is 10.1. The molecule has 0 aliphatic heterocycles. The third kappa shape index (κ3) is 3.00. The van der Waals surface area contributed by atoms with Crippen molar-refractivity contribution in [3.63, 3.8) is 0 Å². The smallest absolute Gasteiger partial charge is 0.0656 e. The zero-order valence-corrected chi connectivity index (χ0v) is 10.4. The molecule has 78 valence electrons. The highest BCUT2D eigenvalue weighted by molar-refractivity contribution is 9.10. The fourth-order valence-corrected chi connectivity index (χ4v) is 1.65. The number of hydrogen-bond donors (Lipinski definition) is 2. The average Bonchev–Trinajstić information content (AvgIpc) is 2.10. The molecule has 0 aliphatic rings. The molecular weight excluding hydrogens is 242 g/mol. The SMILES string of the molecule is Cc1cc(Br)ccc1NC(C)(C)CO. The lowest BCUT2D eigenvalue weighted by molar-refractivity contribution is 0.234. The van der Waals surface area contributed by atoms with Gasteiger partial charge in [0.05, 0.1) is 12.1 Å². The number of rotatable bonds is 3. The van der Waals surface area contributed by atoms with E-state index in [1.54, 1.807) is 0 Å². The lowest BCUT2D eigenvalue weighted by Crippen LogP contribution is -2.35. The Kier molecular flexibility index (Phi) is 3.56. The number of anilines is 1. The van der Waals surface area contributed by atoms with Crippen LogP contribution in [0.2, 0.25) is 0 Å². The minimum atomic E-state index is -0.279. The first kappa shape index (κ1) is 11.5. The minimum Gasteiger partial charge on any atom is -0.394 e. The van der Waals surface area contributed by atoms with E-state index in [9.17, 15) is 0 Å². The number of aliphatic hydroxyl groups excluding tert-OH is 1. The van der Waals surface area contributed by atoms with Gasteiger partial charge in [0, 0.05) is 10.2 Å². The molecule has 0 spiro atoms. The van der Waals surface area contributed by atoms with Gasteiger partial charge in [0.15, 0.2) is 0 Å². The lowest BCUT2D eigenvalue weighted by Gasteiger charge is -2.26. The Balaban J connectivity index is 2.87. The number of aryl methyl sites for hydroxylation is 1. The van der Waals surface area contributed by atoms with E-state index in [0.717, 1.165) is 10.2 Å². The molecule has 0 fully saturated rings. The second kappa shape index (κ2) is 4.32. The van der Waals surface area contributed by atoms with Crippen LogP contribution in [-0.2, 0) is 0 Å². The maximum absolute atomic E-state index is 9.13. The third-order valence-electron chi connectivity index (χ3n) is 2.06. The molecule has 0 atom stereocenters. The second-order valence-corrected chi connectivity index (χ2v) is 5.04. The third-order valence-corrected chi connectivity index (χ3v) is 2.55. The molecule has 0 heterocycles. The quantitative estimate of drug-likeness (QED) is 0.873. The molecule has 1 aromatic rings. The van der Waals surface area contributed by atoms with Crippen LogP contribution in [0.1, 0.15) is 19.4 Å². The zero-order chi connectivity index (χ0) is 10.8. The molecule has 0 bridgehead atoms. The molecule has 0 aromatic heterocycles. The van der Waals surface area contributed by atoms with Crippen molar-refractivity contribution in [1.29, 1.82) is 0 Å². The first-order valence-corrected chi connectivity index (χ1v) is 5.39. The van der Waals surface area contributed by atoms with Gasteiger partial charge in [-0.25, -0.2) is 0 Å². The highest BCUT2D eigenvalue weighted by atomic mass is 79.9. The molecule has 0 aliphatic carbocycles. The van der Waals surface area contributed by atoms with Crippen molar-refractivity contribution in [3.8, 4) is 0 Å². The Morgan fingerprint density at radius 2 is 2.07 bits per heavy atom. The van der Waals surface area contributed by atoms with E-state index in [4.69, 9.17) is 5.11 Å². The largest absolute Gasteiger partial charge is 0.394 e. The molecule has 14 heavy (non-hydrogen) atoms. The molecule has 1 rings (SSSR count). The van der Waals surface area contributed by atoms with Gasteiger partial charge in [-0.2, -0.15) is 0 Å². The molecule has 0 radical (unpaired) electrons. The van der Waals surface area contributed by atoms with Gasteiger partial charge in [-0.1, -0.05) is 15.9 Å². The van der Waals surface area contributed by atoms with Crippen molar-refractivity contribution in [2.24, 2.45) is 0 Å². The number of benzene rings is 1. The Morgan fingerprint density at radius 3 is 2.57 bits per heavy atom. The van der Waals surface area contributed by atoms with Crippen LogP contribution in [0.25, 0.3) is 0 Å². The summed E-state index contributed by atoms with van der Waals surface area (Å²) in [5.74, 6) is 0. The summed E-state index contributed by atoms with van der Waals surface area (Å²) >= 11 is 3.42. The summed E-state index contributed by atoms with van der Waals surface area (Å²) < 4.78 is 1.07. The van der Waals surface area contributed by atoms with Crippen LogP contribution >= 0.6 is 15.9 Å². The normalized spacial score (nSPS) is 11.5. The molecule has 1 aromatic carbocycles. The van der Waals surface area contributed by atoms with Gasteiger partial charge in [0.25, 0.3) is 0 Å². The second-order valence-electron chi connectivity index (χ2n) is 4.13. The average molecular weight is 258 g/mol. The Hall–Kier alpha value is -0.540. The summed E-state index contributed by atoms with van der Waals surface area (Å²) in [4.78, 5) is 0. The Morgan fingerprint density at radius 1 is 1.43 bits per heavy atom. The van der Waals surface area contributed by atoms with Gasteiger partial charge in [-0.15, -0.1) is 0 Å². The van der Waals surface area contributed by atoms with E-state index in [2.05, 4.69) is 27.3 Å². The van der Waals surface area contributed by atoms with Gasteiger partial charge in [0.2, 0.25) is 0 Å². The summed E-state index contributed by atoms with van der Waals surface area (Å²) in [5, 5.41) is 12.4. The Bertz CT molecular complexity index is 323. The minimum absolute atomic E-state index is 0.114. The van der Waals surface area contributed by atoms with Crippen molar-refractivity contribution in [2.75, 3.05) is 11.9 Å². The van der Waals surface area contributed by atoms with E-state index >= 15 is 0 Å². The summed E-state index contributed by atoms with van der Waals surface area (Å²) in [6, 6.07) is 6.05. The van der Waals surface area contributed by atoms with Crippen molar-refractivity contribution >= 4 is 21.6 Å². The van der Waals surface area contributed by atoms with Crippen molar-refractivity contribution in [2.45, 2.75) is 26.3 Å². The molecule has 0 amide bonds. The summed E-state index contributed by atoms with van der Waals surface area (Å²) in [6.45, 7) is 6.09. The van der Waals surface area contributed by atoms with Crippen LogP contribution < -0.4 is 5.32 Å². The predicted octanol–water partition coefficient (Wildman–Crippen LogP) is 2.94. The highest BCUT2D eigenvalue weighted by Gasteiger charge is 2.16. The van der Waals surface area contributed by atoms with Crippen molar-refractivity contribution < 1.29 is 5.11 Å². The highest BCUT2D eigenvalue weighted by Crippen LogP contribution is 2.22. The molecule has 0 saturated heterocycles. The summed E-state index contributed by atoms with van der Waals surface area (Å²) in [6.07, 6.45) is 0. The molecule has 3 heteroatoms. The Labute approximate surface area is 93.5 Å². The summed E-state index contributed by atoms with van der Waals surface area (Å²) in [5.41, 5.74) is 1.95. The van der Waals surface area contributed by atoms with Crippen LogP contribution in [0, 0.1) is 6.92 Å². The number of nitrogens with one attached hydrogen (secondary N) is 1. The first-order valence-electron chi connectivity index (χ1n) is 4.60. The van der Waals surface area contributed by atoms with Crippen LogP contribution in [-0.4, -0.2) is 17.3 Å². The fourth-order valence-electron chi connectivity index (χ4n) is 1.17. The van der Waals surface area contributed by atoms with Gasteiger partial charge in [-0.3, -0.25) is 0 Å². The maximum Gasteiger partial charge on any atom is 0.0656 e.